The number of aryl methyl sites for hydroxylation is 1. The van der Waals surface area contributed by atoms with Gasteiger partial charge in [0.15, 0.2) is 11.5 Å². The van der Waals surface area contributed by atoms with Gasteiger partial charge >= 0.3 is 7.60 Å². The van der Waals surface area contributed by atoms with Gasteiger partial charge in [-0.3, -0.25) is 4.57 Å². The van der Waals surface area contributed by atoms with Gasteiger partial charge in [0.1, 0.15) is 11.8 Å². The Morgan fingerprint density at radius 1 is 1.38 bits per heavy atom. The molecule has 0 fully saturated rings. The van der Waals surface area contributed by atoms with Crippen molar-refractivity contribution in [1.82, 2.24) is 19.5 Å². The SMILES string of the molecule is Nc1ncnc2c1ncn2CCC(C=CP(=O)(O)O)CO. The van der Waals surface area contributed by atoms with Crippen molar-refractivity contribution in [3.05, 3.63) is 24.5 Å². The maximum absolute atomic E-state index is 10.8. The highest BCUT2D eigenvalue weighted by molar-refractivity contribution is 7.55. The topological polar surface area (TPSA) is 147 Å². The molecule has 2 aromatic rings. The molecule has 9 nitrogen and oxygen atoms in total. The van der Waals surface area contributed by atoms with Crippen LogP contribution in [-0.4, -0.2) is 41.0 Å². The van der Waals surface area contributed by atoms with E-state index in [9.17, 15) is 9.67 Å². The first-order valence-corrected chi connectivity index (χ1v) is 7.85. The van der Waals surface area contributed by atoms with Gasteiger partial charge in [-0.25, -0.2) is 15.0 Å². The number of fused-ring (bicyclic) bond motifs is 1. The number of hydrogen-bond acceptors (Lipinski definition) is 6. The predicted octanol–water partition coefficient (Wildman–Crippen LogP) is 0.0985. The fourth-order valence-corrected chi connectivity index (χ4v) is 2.32. The van der Waals surface area contributed by atoms with E-state index in [-0.39, 0.29) is 12.5 Å². The van der Waals surface area contributed by atoms with E-state index in [0.717, 1.165) is 5.82 Å². The number of rotatable bonds is 6. The molecule has 1 atom stereocenters. The van der Waals surface area contributed by atoms with Crippen molar-refractivity contribution in [3.8, 4) is 0 Å². The minimum atomic E-state index is -4.21. The van der Waals surface area contributed by atoms with Crippen molar-refractivity contribution in [1.29, 1.82) is 0 Å². The van der Waals surface area contributed by atoms with Crippen molar-refractivity contribution in [3.63, 3.8) is 0 Å². The number of hydrogen-bond donors (Lipinski definition) is 4. The van der Waals surface area contributed by atoms with Gasteiger partial charge in [0.25, 0.3) is 0 Å². The highest BCUT2D eigenvalue weighted by Gasteiger charge is 2.12. The van der Waals surface area contributed by atoms with Gasteiger partial charge in [0, 0.05) is 24.9 Å². The van der Waals surface area contributed by atoms with E-state index < -0.39 is 7.60 Å². The predicted molar refractivity (Wildman–Crippen MR) is 76.1 cm³/mol. The molecule has 0 aromatic carbocycles. The fourth-order valence-electron chi connectivity index (χ4n) is 1.85. The second kappa shape index (κ2) is 6.31. The largest absolute Gasteiger partial charge is 0.396 e. The third-order valence-electron chi connectivity index (χ3n) is 2.96. The first-order valence-electron chi connectivity index (χ1n) is 6.17. The molecule has 0 radical (unpaired) electrons. The number of aromatic nitrogens is 4. The van der Waals surface area contributed by atoms with Crippen molar-refractivity contribution in [2.45, 2.75) is 13.0 Å². The Hall–Kier alpha value is -1.80. The molecule has 114 valence electrons. The lowest BCUT2D eigenvalue weighted by molar-refractivity contribution is 0.242. The van der Waals surface area contributed by atoms with E-state index in [1.54, 1.807) is 10.9 Å². The summed E-state index contributed by atoms with van der Waals surface area (Å²) in [6.45, 7) is 0.268. The molecule has 0 amide bonds. The summed E-state index contributed by atoms with van der Waals surface area (Å²) in [6, 6.07) is 0. The van der Waals surface area contributed by atoms with Crippen LogP contribution in [0.2, 0.25) is 0 Å². The average molecular weight is 313 g/mol. The maximum atomic E-state index is 10.8. The minimum Gasteiger partial charge on any atom is -0.396 e. The van der Waals surface area contributed by atoms with E-state index in [0.29, 0.717) is 29.9 Å². The Kier molecular flexibility index (Phi) is 4.69. The van der Waals surface area contributed by atoms with Crippen LogP contribution < -0.4 is 5.73 Å². The molecule has 2 aromatic heterocycles. The summed E-state index contributed by atoms with van der Waals surface area (Å²) >= 11 is 0. The number of nitrogens with zero attached hydrogens (tertiary/aromatic N) is 4. The Balaban J connectivity index is 2.08. The van der Waals surface area contributed by atoms with Crippen LogP contribution in [0.15, 0.2) is 24.5 Å². The molecular formula is C11H16N5O4P. The third-order valence-corrected chi connectivity index (χ3v) is 3.52. The lowest BCUT2D eigenvalue weighted by Crippen LogP contribution is -2.08. The smallest absolute Gasteiger partial charge is 0.348 e. The van der Waals surface area contributed by atoms with Gasteiger partial charge in [-0.15, -0.1) is 0 Å². The van der Waals surface area contributed by atoms with Crippen LogP contribution in [-0.2, 0) is 11.1 Å². The standard InChI is InChI=1S/C11H16N5O4P/c12-10-9-11(14-6-13-10)16(7-15-9)3-1-8(5-17)2-4-21(18,19)20/h2,4,6-8,17H,1,3,5H2,(H2,12,13,14)(H2,18,19,20). The average Bonchev–Trinajstić information content (AvgIpc) is 2.83. The summed E-state index contributed by atoms with van der Waals surface area (Å²) < 4.78 is 12.5. The second-order valence-electron chi connectivity index (χ2n) is 4.53. The number of anilines is 1. The van der Waals surface area contributed by atoms with Gasteiger partial charge in [-0.2, -0.15) is 0 Å². The second-order valence-corrected chi connectivity index (χ2v) is 6.01. The first-order chi connectivity index (χ1) is 9.90. The van der Waals surface area contributed by atoms with Crippen molar-refractivity contribution < 1.29 is 19.5 Å². The van der Waals surface area contributed by atoms with Crippen LogP contribution in [0, 0.1) is 5.92 Å². The molecule has 2 heterocycles. The van der Waals surface area contributed by atoms with Crippen molar-refractivity contribution in [2.75, 3.05) is 12.3 Å². The molecule has 21 heavy (non-hydrogen) atoms. The zero-order chi connectivity index (χ0) is 15.5. The molecule has 2 rings (SSSR count). The van der Waals surface area contributed by atoms with Crippen LogP contribution >= 0.6 is 7.60 Å². The van der Waals surface area contributed by atoms with Gasteiger partial charge in [0.05, 0.1) is 6.33 Å². The van der Waals surface area contributed by atoms with E-state index in [4.69, 9.17) is 15.5 Å². The normalized spacial score (nSPS) is 14.0. The number of imidazole rings is 1. The lowest BCUT2D eigenvalue weighted by atomic mass is 10.1. The van der Waals surface area contributed by atoms with Gasteiger partial charge in [-0.05, 0) is 6.42 Å². The Labute approximate surface area is 120 Å². The molecule has 5 N–H and O–H groups in total. The molecular weight excluding hydrogens is 297 g/mol. The fraction of sp³-hybridized carbons (Fsp3) is 0.364. The van der Waals surface area contributed by atoms with Crippen LogP contribution in [0.25, 0.3) is 11.2 Å². The molecule has 10 heteroatoms. The molecule has 1 unspecified atom stereocenters. The summed E-state index contributed by atoms with van der Waals surface area (Å²) in [5.41, 5.74) is 6.77. The van der Waals surface area contributed by atoms with Crippen LogP contribution in [0.4, 0.5) is 5.82 Å². The number of nitrogen functional groups attached to an aromatic ring is 1. The van der Waals surface area contributed by atoms with Gasteiger partial charge in [-0.1, -0.05) is 6.08 Å². The Bertz CT molecular complexity index is 695. The molecule has 0 aliphatic heterocycles. The maximum Gasteiger partial charge on any atom is 0.348 e. The van der Waals surface area contributed by atoms with Gasteiger partial charge < -0.3 is 25.2 Å². The molecule has 0 saturated heterocycles. The van der Waals surface area contributed by atoms with E-state index in [2.05, 4.69) is 15.0 Å². The quantitative estimate of drug-likeness (QED) is 0.549. The Morgan fingerprint density at radius 3 is 2.81 bits per heavy atom. The van der Waals surface area contributed by atoms with E-state index >= 15 is 0 Å². The molecule has 0 saturated carbocycles. The summed E-state index contributed by atoms with van der Waals surface area (Å²) in [5.74, 6) is 0.730. The number of aliphatic hydroxyl groups is 1. The lowest BCUT2D eigenvalue weighted by Gasteiger charge is -2.10. The number of nitrogens with two attached hydrogens (primary N) is 1. The van der Waals surface area contributed by atoms with Crippen LogP contribution in [0.5, 0.6) is 0 Å². The summed E-state index contributed by atoms with van der Waals surface area (Å²) in [5, 5.41) is 9.23. The highest BCUT2D eigenvalue weighted by Crippen LogP contribution is 2.36. The van der Waals surface area contributed by atoms with Gasteiger partial charge in [0.2, 0.25) is 0 Å². The van der Waals surface area contributed by atoms with Crippen molar-refractivity contribution >= 4 is 24.6 Å². The monoisotopic (exact) mass is 313 g/mol. The highest BCUT2D eigenvalue weighted by atomic mass is 31.2. The summed E-state index contributed by atoms with van der Waals surface area (Å²) in [6.07, 6.45) is 4.70. The first kappa shape index (κ1) is 15.6. The van der Waals surface area contributed by atoms with Crippen LogP contribution in [0.1, 0.15) is 6.42 Å². The van der Waals surface area contributed by atoms with Crippen LogP contribution in [0.3, 0.4) is 0 Å². The van der Waals surface area contributed by atoms with E-state index in [1.807, 2.05) is 0 Å². The summed E-state index contributed by atoms with van der Waals surface area (Å²) in [4.78, 5) is 29.6. The molecule has 0 aliphatic carbocycles. The molecule has 0 spiro atoms. The molecule has 0 aliphatic rings. The Morgan fingerprint density at radius 2 is 2.14 bits per heavy atom. The zero-order valence-electron chi connectivity index (χ0n) is 11.1. The summed E-state index contributed by atoms with van der Waals surface area (Å²) in [7, 11) is -4.21. The van der Waals surface area contributed by atoms with Crippen molar-refractivity contribution in [2.24, 2.45) is 5.92 Å². The minimum absolute atomic E-state index is 0.208. The molecule has 0 bridgehead atoms. The van der Waals surface area contributed by atoms with E-state index in [1.165, 1.54) is 12.4 Å². The number of aliphatic hydroxyl groups excluding tert-OH is 1. The third kappa shape index (κ3) is 4.08. The zero-order valence-corrected chi connectivity index (χ0v) is 12.0.